The zero-order valence-electron chi connectivity index (χ0n) is 14.4. The van der Waals surface area contributed by atoms with Gasteiger partial charge in [0.1, 0.15) is 19.0 Å². The molecule has 0 bridgehead atoms. The van der Waals surface area contributed by atoms with Gasteiger partial charge in [0.25, 0.3) is 5.91 Å². The molecule has 0 spiro atoms. The SMILES string of the molecule is CN(CCOc1ccc(Cl)cc1)C(=O)c1ccc(N2CCOC2=O)cc1. The summed E-state index contributed by atoms with van der Waals surface area (Å²) >= 11 is 5.83. The first kappa shape index (κ1) is 18.1. The molecule has 136 valence electrons. The molecule has 1 heterocycles. The molecule has 7 heteroatoms. The number of cyclic esters (lactones) is 1. The number of halogens is 1. The van der Waals surface area contributed by atoms with Crippen molar-refractivity contribution >= 4 is 29.3 Å². The van der Waals surface area contributed by atoms with Gasteiger partial charge < -0.3 is 14.4 Å². The minimum atomic E-state index is -0.361. The van der Waals surface area contributed by atoms with E-state index in [4.69, 9.17) is 21.1 Å². The molecule has 0 saturated carbocycles. The molecule has 1 aliphatic rings. The summed E-state index contributed by atoms with van der Waals surface area (Å²) < 4.78 is 10.5. The third-order valence-corrected chi connectivity index (χ3v) is 4.29. The second-order valence-corrected chi connectivity index (χ2v) is 6.28. The Bertz CT molecular complexity index is 777. The normalized spacial score (nSPS) is 13.5. The van der Waals surface area contributed by atoms with Gasteiger partial charge in [0.2, 0.25) is 0 Å². The quantitative estimate of drug-likeness (QED) is 0.777. The summed E-state index contributed by atoms with van der Waals surface area (Å²) in [7, 11) is 1.72. The highest BCUT2D eigenvalue weighted by molar-refractivity contribution is 6.30. The van der Waals surface area contributed by atoms with E-state index in [1.165, 1.54) is 4.90 Å². The van der Waals surface area contributed by atoms with E-state index in [0.29, 0.717) is 42.6 Å². The minimum absolute atomic E-state index is 0.111. The molecule has 2 aromatic carbocycles. The Morgan fingerprint density at radius 1 is 1.19 bits per heavy atom. The highest BCUT2D eigenvalue weighted by atomic mass is 35.5. The van der Waals surface area contributed by atoms with E-state index in [9.17, 15) is 9.59 Å². The molecule has 1 saturated heterocycles. The van der Waals surface area contributed by atoms with Gasteiger partial charge in [0.05, 0.1) is 13.1 Å². The van der Waals surface area contributed by atoms with Crippen molar-refractivity contribution in [3.05, 3.63) is 59.1 Å². The highest BCUT2D eigenvalue weighted by Crippen LogP contribution is 2.20. The van der Waals surface area contributed by atoms with Crippen LogP contribution in [0.1, 0.15) is 10.4 Å². The van der Waals surface area contributed by atoms with Gasteiger partial charge in [-0.2, -0.15) is 0 Å². The van der Waals surface area contributed by atoms with Crippen LogP contribution in [0, 0.1) is 0 Å². The van der Waals surface area contributed by atoms with Crippen molar-refractivity contribution in [1.82, 2.24) is 4.90 Å². The zero-order chi connectivity index (χ0) is 18.5. The lowest BCUT2D eigenvalue weighted by molar-refractivity contribution is 0.0774. The van der Waals surface area contributed by atoms with E-state index in [1.807, 2.05) is 0 Å². The van der Waals surface area contributed by atoms with Crippen LogP contribution >= 0.6 is 11.6 Å². The molecule has 2 aromatic rings. The molecule has 0 atom stereocenters. The van der Waals surface area contributed by atoms with Gasteiger partial charge in [-0.25, -0.2) is 4.79 Å². The van der Waals surface area contributed by atoms with Crippen LogP contribution in [0.25, 0.3) is 0 Å². The lowest BCUT2D eigenvalue weighted by atomic mass is 10.1. The average molecular weight is 375 g/mol. The van der Waals surface area contributed by atoms with E-state index >= 15 is 0 Å². The molecule has 3 rings (SSSR count). The van der Waals surface area contributed by atoms with Crippen LogP contribution in [0.4, 0.5) is 10.5 Å². The summed E-state index contributed by atoms with van der Waals surface area (Å²) in [5.74, 6) is 0.595. The maximum absolute atomic E-state index is 12.5. The first-order valence-corrected chi connectivity index (χ1v) is 8.60. The fourth-order valence-corrected chi connectivity index (χ4v) is 2.69. The number of ether oxygens (including phenoxy) is 2. The lowest BCUT2D eigenvalue weighted by Gasteiger charge is -2.18. The van der Waals surface area contributed by atoms with E-state index in [0.717, 1.165) is 5.69 Å². The van der Waals surface area contributed by atoms with Crippen LogP contribution < -0.4 is 9.64 Å². The average Bonchev–Trinajstić information content (AvgIpc) is 3.09. The number of nitrogens with zero attached hydrogens (tertiary/aromatic N) is 2. The Morgan fingerprint density at radius 2 is 1.88 bits per heavy atom. The van der Waals surface area contributed by atoms with Crippen molar-refractivity contribution in [2.24, 2.45) is 0 Å². The number of amides is 2. The molecular formula is C19H19ClN2O4. The van der Waals surface area contributed by atoms with Crippen molar-refractivity contribution in [1.29, 1.82) is 0 Å². The van der Waals surface area contributed by atoms with Gasteiger partial charge in [-0.1, -0.05) is 11.6 Å². The molecule has 0 unspecified atom stereocenters. The van der Waals surface area contributed by atoms with Crippen molar-refractivity contribution in [2.75, 3.05) is 38.3 Å². The largest absolute Gasteiger partial charge is 0.492 e. The summed E-state index contributed by atoms with van der Waals surface area (Å²) in [6, 6.07) is 14.0. The Hall–Kier alpha value is -2.73. The van der Waals surface area contributed by atoms with E-state index < -0.39 is 0 Å². The lowest BCUT2D eigenvalue weighted by Crippen LogP contribution is -2.31. The van der Waals surface area contributed by atoms with Crippen LogP contribution in [0.5, 0.6) is 5.75 Å². The summed E-state index contributed by atoms with van der Waals surface area (Å²) in [6.07, 6.45) is -0.361. The van der Waals surface area contributed by atoms with Crippen LogP contribution in [0.3, 0.4) is 0 Å². The summed E-state index contributed by atoms with van der Waals surface area (Å²) in [5.41, 5.74) is 1.27. The van der Waals surface area contributed by atoms with Gasteiger partial charge in [-0.05, 0) is 48.5 Å². The topological polar surface area (TPSA) is 59.1 Å². The summed E-state index contributed by atoms with van der Waals surface area (Å²) in [6.45, 7) is 1.73. The number of carbonyl (C=O) groups excluding carboxylic acids is 2. The molecule has 6 nitrogen and oxygen atoms in total. The Balaban J connectivity index is 1.52. The van der Waals surface area contributed by atoms with Crippen LogP contribution in [-0.2, 0) is 4.74 Å². The second-order valence-electron chi connectivity index (χ2n) is 5.84. The maximum atomic E-state index is 12.5. The number of anilines is 1. The number of hydrogen-bond acceptors (Lipinski definition) is 4. The number of hydrogen-bond donors (Lipinski definition) is 0. The van der Waals surface area contributed by atoms with E-state index in [-0.39, 0.29) is 12.0 Å². The van der Waals surface area contributed by atoms with E-state index in [2.05, 4.69) is 0 Å². The fourth-order valence-electron chi connectivity index (χ4n) is 2.57. The molecule has 0 aromatic heterocycles. The van der Waals surface area contributed by atoms with E-state index in [1.54, 1.807) is 60.5 Å². The monoisotopic (exact) mass is 374 g/mol. The number of benzene rings is 2. The van der Waals surface area contributed by atoms with Gasteiger partial charge in [0.15, 0.2) is 0 Å². The predicted octanol–water partition coefficient (Wildman–Crippen LogP) is 3.45. The van der Waals surface area contributed by atoms with Gasteiger partial charge in [-0.3, -0.25) is 9.69 Å². The van der Waals surface area contributed by atoms with Crippen LogP contribution in [-0.4, -0.2) is 50.3 Å². The van der Waals surface area contributed by atoms with Crippen molar-refractivity contribution < 1.29 is 19.1 Å². The third kappa shape index (κ3) is 4.26. The first-order valence-electron chi connectivity index (χ1n) is 8.23. The third-order valence-electron chi connectivity index (χ3n) is 4.04. The van der Waals surface area contributed by atoms with Crippen molar-refractivity contribution in [2.45, 2.75) is 0 Å². The van der Waals surface area contributed by atoms with Gasteiger partial charge in [0, 0.05) is 23.3 Å². The first-order chi connectivity index (χ1) is 12.5. The number of carbonyl (C=O) groups is 2. The second kappa shape index (κ2) is 8.10. The maximum Gasteiger partial charge on any atom is 0.414 e. The Kier molecular flexibility index (Phi) is 5.63. The number of likely N-dealkylation sites (N-methyl/N-ethyl adjacent to an activating group) is 1. The Labute approximate surface area is 156 Å². The Morgan fingerprint density at radius 3 is 2.50 bits per heavy atom. The molecule has 0 aliphatic carbocycles. The standard InChI is InChI=1S/C19H19ClN2O4/c1-21(10-12-25-17-8-4-15(20)5-9-17)18(23)14-2-6-16(7-3-14)22-11-13-26-19(22)24/h2-9H,10-13H2,1H3. The highest BCUT2D eigenvalue weighted by Gasteiger charge is 2.23. The molecule has 2 amide bonds. The molecule has 1 aliphatic heterocycles. The molecule has 0 N–H and O–H groups in total. The summed E-state index contributed by atoms with van der Waals surface area (Å²) in [4.78, 5) is 27.2. The van der Waals surface area contributed by atoms with Gasteiger partial charge >= 0.3 is 6.09 Å². The van der Waals surface area contributed by atoms with Crippen molar-refractivity contribution in [3.8, 4) is 5.75 Å². The van der Waals surface area contributed by atoms with Crippen LogP contribution in [0.2, 0.25) is 5.02 Å². The van der Waals surface area contributed by atoms with Gasteiger partial charge in [-0.15, -0.1) is 0 Å². The molecule has 1 fully saturated rings. The predicted molar refractivity (Wildman–Crippen MR) is 99.0 cm³/mol. The minimum Gasteiger partial charge on any atom is -0.492 e. The van der Waals surface area contributed by atoms with Crippen LogP contribution in [0.15, 0.2) is 48.5 Å². The summed E-state index contributed by atoms with van der Waals surface area (Å²) in [5, 5.41) is 0.648. The molecular weight excluding hydrogens is 356 g/mol. The smallest absolute Gasteiger partial charge is 0.414 e. The fraction of sp³-hybridized carbons (Fsp3) is 0.263. The zero-order valence-corrected chi connectivity index (χ0v) is 15.1. The van der Waals surface area contributed by atoms with Crippen molar-refractivity contribution in [3.63, 3.8) is 0 Å². The molecule has 26 heavy (non-hydrogen) atoms. The molecule has 0 radical (unpaired) electrons. The number of rotatable bonds is 6.